The first kappa shape index (κ1) is 13.4. The fraction of sp³-hybridized carbons (Fsp3) is 0.0714. The maximum absolute atomic E-state index is 13.8. The third-order valence-corrected chi connectivity index (χ3v) is 3.61. The molecule has 0 amide bonds. The van der Waals surface area contributed by atoms with Gasteiger partial charge in [0.05, 0.1) is 11.3 Å². The number of nitrogens with two attached hydrogens (primary N) is 1. The van der Waals surface area contributed by atoms with Crippen LogP contribution in [0, 0.1) is 23.0 Å². The molecule has 0 atom stereocenters. The van der Waals surface area contributed by atoms with Crippen molar-refractivity contribution in [2.24, 2.45) is 0 Å². The summed E-state index contributed by atoms with van der Waals surface area (Å²) in [6.07, 6.45) is 0. The number of hydrogen-bond donors (Lipinski definition) is 1. The highest BCUT2D eigenvalue weighted by Gasteiger charge is 2.08. The largest absolute Gasteiger partial charge is 0.396 e. The van der Waals surface area contributed by atoms with E-state index in [4.69, 9.17) is 11.0 Å². The van der Waals surface area contributed by atoms with Crippen LogP contribution in [-0.2, 0) is 5.75 Å². The van der Waals surface area contributed by atoms with Gasteiger partial charge in [-0.25, -0.2) is 8.78 Å². The Morgan fingerprint density at radius 2 is 2.00 bits per heavy atom. The number of thioether (sulfide) groups is 1. The second kappa shape index (κ2) is 5.72. The van der Waals surface area contributed by atoms with Gasteiger partial charge in [0.25, 0.3) is 0 Å². The number of nitrogens with zero attached hydrogens (tertiary/aromatic N) is 1. The topological polar surface area (TPSA) is 49.8 Å². The summed E-state index contributed by atoms with van der Waals surface area (Å²) in [7, 11) is 0. The fourth-order valence-corrected chi connectivity index (χ4v) is 2.43. The molecule has 0 aliphatic carbocycles. The van der Waals surface area contributed by atoms with Crippen LogP contribution < -0.4 is 5.73 Å². The third kappa shape index (κ3) is 3.04. The Bertz CT molecular complexity index is 650. The second-order valence-electron chi connectivity index (χ2n) is 3.86. The lowest BCUT2D eigenvalue weighted by atomic mass is 10.1. The molecule has 2 nitrogen and oxygen atoms in total. The quantitative estimate of drug-likeness (QED) is 0.686. The lowest BCUT2D eigenvalue weighted by Gasteiger charge is -2.05. The molecule has 0 fully saturated rings. The zero-order valence-corrected chi connectivity index (χ0v) is 10.7. The predicted octanol–water partition coefficient (Wildman–Crippen LogP) is 3.71. The smallest absolute Gasteiger partial charge is 0.147 e. The molecule has 0 radical (unpaired) electrons. The van der Waals surface area contributed by atoms with Crippen molar-refractivity contribution >= 4 is 17.4 Å². The normalized spacial score (nSPS) is 10.2. The van der Waals surface area contributed by atoms with Gasteiger partial charge in [-0.3, -0.25) is 0 Å². The van der Waals surface area contributed by atoms with E-state index in [1.807, 2.05) is 0 Å². The Morgan fingerprint density at radius 3 is 2.68 bits per heavy atom. The van der Waals surface area contributed by atoms with Crippen molar-refractivity contribution in [3.05, 3.63) is 59.2 Å². The maximum atomic E-state index is 13.8. The average Bonchev–Trinajstić information content (AvgIpc) is 2.41. The van der Waals surface area contributed by atoms with Crippen molar-refractivity contribution in [1.82, 2.24) is 0 Å². The monoisotopic (exact) mass is 276 g/mol. The van der Waals surface area contributed by atoms with E-state index < -0.39 is 11.6 Å². The van der Waals surface area contributed by atoms with Gasteiger partial charge in [0.1, 0.15) is 17.7 Å². The van der Waals surface area contributed by atoms with Gasteiger partial charge in [-0.2, -0.15) is 5.26 Å². The summed E-state index contributed by atoms with van der Waals surface area (Å²) < 4.78 is 27.0. The zero-order chi connectivity index (χ0) is 13.8. The van der Waals surface area contributed by atoms with Crippen molar-refractivity contribution in [1.29, 1.82) is 5.26 Å². The highest BCUT2D eigenvalue weighted by Crippen LogP contribution is 2.27. The first-order valence-corrected chi connectivity index (χ1v) is 6.45. The van der Waals surface area contributed by atoms with Crippen LogP contribution in [0.1, 0.15) is 11.1 Å². The molecular weight excluding hydrogens is 266 g/mol. The molecule has 2 rings (SSSR count). The highest BCUT2D eigenvalue weighted by molar-refractivity contribution is 7.98. The molecule has 0 saturated heterocycles. The summed E-state index contributed by atoms with van der Waals surface area (Å²) in [5.41, 5.74) is 5.90. The first-order valence-electron chi connectivity index (χ1n) is 5.47. The van der Waals surface area contributed by atoms with Crippen molar-refractivity contribution < 1.29 is 8.78 Å². The Balaban J connectivity index is 2.15. The zero-order valence-electron chi connectivity index (χ0n) is 9.86. The van der Waals surface area contributed by atoms with Crippen LogP contribution in [0.5, 0.6) is 0 Å². The van der Waals surface area contributed by atoms with Gasteiger partial charge in [0, 0.05) is 10.6 Å². The average molecular weight is 276 g/mol. The minimum absolute atomic E-state index is 0.0154. The van der Waals surface area contributed by atoms with Crippen LogP contribution in [0.3, 0.4) is 0 Å². The molecular formula is C14H10F2N2S. The van der Waals surface area contributed by atoms with Crippen LogP contribution in [0.25, 0.3) is 0 Å². The molecule has 0 aliphatic rings. The molecule has 0 spiro atoms. The minimum Gasteiger partial charge on any atom is -0.396 e. The van der Waals surface area contributed by atoms with Crippen LogP contribution in [-0.4, -0.2) is 0 Å². The van der Waals surface area contributed by atoms with Gasteiger partial charge in [-0.05, 0) is 29.8 Å². The third-order valence-electron chi connectivity index (χ3n) is 2.57. The molecule has 0 aromatic heterocycles. The molecule has 2 aromatic carbocycles. The SMILES string of the molecule is N#Cc1cccc(CSc2ccc(N)c(F)c2)c1F. The number of rotatable bonds is 3. The van der Waals surface area contributed by atoms with Crippen molar-refractivity contribution in [3.8, 4) is 6.07 Å². The number of nitriles is 1. The van der Waals surface area contributed by atoms with Gasteiger partial charge in [-0.15, -0.1) is 11.8 Å². The molecule has 0 bridgehead atoms. The summed E-state index contributed by atoms with van der Waals surface area (Å²) in [6, 6.07) is 10.9. The predicted molar refractivity (Wildman–Crippen MR) is 71.5 cm³/mol. The van der Waals surface area contributed by atoms with E-state index in [1.54, 1.807) is 24.3 Å². The maximum Gasteiger partial charge on any atom is 0.147 e. The summed E-state index contributed by atoms with van der Waals surface area (Å²) in [6.45, 7) is 0. The molecule has 0 heterocycles. The Labute approximate surface area is 113 Å². The summed E-state index contributed by atoms with van der Waals surface area (Å²) >= 11 is 1.28. The minimum atomic E-state index is -0.520. The summed E-state index contributed by atoms with van der Waals surface area (Å²) in [5.74, 6) is -0.685. The van der Waals surface area contributed by atoms with Gasteiger partial charge in [0.2, 0.25) is 0 Å². The summed E-state index contributed by atoms with van der Waals surface area (Å²) in [4.78, 5) is 0.661. The van der Waals surface area contributed by atoms with E-state index >= 15 is 0 Å². The molecule has 5 heteroatoms. The Morgan fingerprint density at radius 1 is 1.21 bits per heavy atom. The lowest BCUT2D eigenvalue weighted by molar-refractivity contribution is 0.613. The van der Waals surface area contributed by atoms with Crippen LogP contribution in [0.4, 0.5) is 14.5 Å². The molecule has 2 aromatic rings. The lowest BCUT2D eigenvalue weighted by Crippen LogP contribution is -1.93. The molecule has 0 saturated carbocycles. The van der Waals surface area contributed by atoms with Crippen LogP contribution >= 0.6 is 11.8 Å². The van der Waals surface area contributed by atoms with Gasteiger partial charge in [-0.1, -0.05) is 12.1 Å². The fourth-order valence-electron chi connectivity index (χ4n) is 1.54. The number of anilines is 1. The number of nitrogen functional groups attached to an aromatic ring is 1. The molecule has 0 aliphatic heterocycles. The van der Waals surface area contributed by atoms with E-state index in [1.165, 1.54) is 30.0 Å². The Kier molecular flexibility index (Phi) is 4.03. The van der Waals surface area contributed by atoms with E-state index in [0.717, 1.165) is 0 Å². The van der Waals surface area contributed by atoms with E-state index in [2.05, 4.69) is 0 Å². The Hall–Kier alpha value is -2.06. The number of benzene rings is 2. The molecule has 96 valence electrons. The van der Waals surface area contributed by atoms with Gasteiger partial charge >= 0.3 is 0 Å². The molecule has 2 N–H and O–H groups in total. The van der Waals surface area contributed by atoms with E-state index in [0.29, 0.717) is 16.2 Å². The second-order valence-corrected chi connectivity index (χ2v) is 4.91. The van der Waals surface area contributed by atoms with Crippen LogP contribution in [0.2, 0.25) is 0 Å². The van der Waals surface area contributed by atoms with Crippen molar-refractivity contribution in [3.63, 3.8) is 0 Å². The van der Waals surface area contributed by atoms with Crippen molar-refractivity contribution in [2.75, 3.05) is 5.73 Å². The van der Waals surface area contributed by atoms with E-state index in [9.17, 15) is 8.78 Å². The number of hydrogen-bond acceptors (Lipinski definition) is 3. The molecule has 19 heavy (non-hydrogen) atoms. The first-order chi connectivity index (χ1) is 9.11. The van der Waals surface area contributed by atoms with Crippen LogP contribution in [0.15, 0.2) is 41.3 Å². The molecule has 0 unspecified atom stereocenters. The van der Waals surface area contributed by atoms with E-state index in [-0.39, 0.29) is 11.3 Å². The highest BCUT2D eigenvalue weighted by atomic mass is 32.2. The van der Waals surface area contributed by atoms with Gasteiger partial charge in [0.15, 0.2) is 0 Å². The van der Waals surface area contributed by atoms with Gasteiger partial charge < -0.3 is 5.73 Å². The summed E-state index contributed by atoms with van der Waals surface area (Å²) in [5, 5.41) is 8.73. The van der Waals surface area contributed by atoms with Crippen molar-refractivity contribution in [2.45, 2.75) is 10.6 Å². The number of halogens is 2. The standard InChI is InChI=1S/C14H10F2N2S/c15-12-6-11(4-5-13(12)18)19-8-10-3-1-2-9(7-17)14(10)16/h1-6H,8,18H2.